The number of rotatable bonds is 7. The number of halogens is 6. The lowest BCUT2D eigenvalue weighted by Crippen LogP contribution is -2.15. The lowest BCUT2D eigenvalue weighted by molar-refractivity contribution is -0.143. The van der Waals surface area contributed by atoms with Gasteiger partial charge in [-0.05, 0) is 41.5 Å². The molecule has 184 valence electrons. The van der Waals surface area contributed by atoms with Gasteiger partial charge in [-0.25, -0.2) is 4.79 Å². The molecule has 0 amide bonds. The summed E-state index contributed by atoms with van der Waals surface area (Å²) < 4.78 is 95.5. The SMILES string of the molecule is COC(=O)C(CC(=O)O)=C(c1cc(C(F)(F)F)cc(C(F)(F)F)c1)c1ccc(OC)c(OC)c1. The van der Waals surface area contributed by atoms with Crippen LogP contribution in [0.15, 0.2) is 42.0 Å². The van der Waals surface area contributed by atoms with Gasteiger partial charge in [0, 0.05) is 5.57 Å². The summed E-state index contributed by atoms with van der Waals surface area (Å²) in [6, 6.07) is 4.42. The van der Waals surface area contributed by atoms with Gasteiger partial charge >= 0.3 is 24.3 Å². The molecule has 0 bridgehead atoms. The van der Waals surface area contributed by atoms with E-state index in [0.717, 1.165) is 7.11 Å². The first-order valence-electron chi connectivity index (χ1n) is 9.28. The molecule has 34 heavy (non-hydrogen) atoms. The van der Waals surface area contributed by atoms with Crippen molar-refractivity contribution in [3.05, 3.63) is 64.2 Å². The second-order valence-corrected chi connectivity index (χ2v) is 6.78. The molecule has 0 saturated carbocycles. The van der Waals surface area contributed by atoms with E-state index < -0.39 is 58.5 Å². The normalized spacial score (nSPS) is 12.6. The van der Waals surface area contributed by atoms with Crippen molar-refractivity contribution in [1.29, 1.82) is 0 Å². The smallest absolute Gasteiger partial charge is 0.416 e. The van der Waals surface area contributed by atoms with Gasteiger partial charge in [0.15, 0.2) is 11.5 Å². The predicted molar refractivity (Wildman–Crippen MR) is 106 cm³/mol. The van der Waals surface area contributed by atoms with Gasteiger partial charge in [-0.15, -0.1) is 0 Å². The van der Waals surface area contributed by atoms with E-state index in [0.29, 0.717) is 12.1 Å². The third kappa shape index (κ3) is 6.00. The molecule has 0 unspecified atom stereocenters. The Balaban J connectivity index is 3.05. The third-order valence-electron chi connectivity index (χ3n) is 4.61. The lowest BCUT2D eigenvalue weighted by atomic mass is 9.89. The van der Waals surface area contributed by atoms with E-state index in [2.05, 4.69) is 4.74 Å². The second-order valence-electron chi connectivity index (χ2n) is 6.78. The average molecular weight is 492 g/mol. The first kappa shape index (κ1) is 26.6. The monoisotopic (exact) mass is 492 g/mol. The lowest BCUT2D eigenvalue weighted by Gasteiger charge is -2.19. The number of alkyl halides is 6. The van der Waals surface area contributed by atoms with Crippen LogP contribution in [0, 0.1) is 0 Å². The molecule has 1 N–H and O–H groups in total. The molecule has 6 nitrogen and oxygen atoms in total. The first-order chi connectivity index (χ1) is 15.7. The fraction of sp³-hybridized carbons (Fsp3) is 0.273. The van der Waals surface area contributed by atoms with Gasteiger partial charge in [-0.3, -0.25) is 4.79 Å². The molecule has 0 atom stereocenters. The fourth-order valence-corrected chi connectivity index (χ4v) is 3.14. The van der Waals surface area contributed by atoms with Crippen molar-refractivity contribution in [3.63, 3.8) is 0 Å². The number of hydrogen-bond acceptors (Lipinski definition) is 5. The Hall–Kier alpha value is -3.70. The summed E-state index contributed by atoms with van der Waals surface area (Å²) in [5.74, 6) is -2.62. The van der Waals surface area contributed by atoms with Crippen LogP contribution in [-0.4, -0.2) is 38.4 Å². The molecule has 2 rings (SSSR count). The van der Waals surface area contributed by atoms with Crippen molar-refractivity contribution in [1.82, 2.24) is 0 Å². The third-order valence-corrected chi connectivity index (χ3v) is 4.61. The van der Waals surface area contributed by atoms with Crippen LogP contribution in [0.1, 0.15) is 28.7 Å². The summed E-state index contributed by atoms with van der Waals surface area (Å²) in [7, 11) is 3.42. The minimum absolute atomic E-state index is 0.0278. The van der Waals surface area contributed by atoms with Crippen LogP contribution in [0.4, 0.5) is 26.3 Å². The van der Waals surface area contributed by atoms with Gasteiger partial charge in [0.05, 0.1) is 44.5 Å². The summed E-state index contributed by atoms with van der Waals surface area (Å²) in [6.45, 7) is 0. The zero-order valence-electron chi connectivity index (χ0n) is 17.9. The molecular weight excluding hydrogens is 474 g/mol. The Bertz CT molecular complexity index is 1090. The van der Waals surface area contributed by atoms with Crippen LogP contribution in [-0.2, 0) is 26.7 Å². The van der Waals surface area contributed by atoms with Gasteiger partial charge in [-0.2, -0.15) is 26.3 Å². The molecule has 0 aliphatic carbocycles. The molecular formula is C22H18F6O6. The highest BCUT2D eigenvalue weighted by atomic mass is 19.4. The van der Waals surface area contributed by atoms with Crippen LogP contribution in [0.3, 0.4) is 0 Å². The summed E-state index contributed by atoms with van der Waals surface area (Å²) in [4.78, 5) is 23.9. The van der Waals surface area contributed by atoms with E-state index in [-0.39, 0.29) is 23.1 Å². The minimum atomic E-state index is -5.17. The van der Waals surface area contributed by atoms with Crippen molar-refractivity contribution in [2.45, 2.75) is 18.8 Å². The Morgan fingerprint density at radius 2 is 1.32 bits per heavy atom. The zero-order chi connectivity index (χ0) is 25.8. The Labute approximate surface area is 189 Å². The van der Waals surface area contributed by atoms with Crippen molar-refractivity contribution in [2.75, 3.05) is 21.3 Å². The number of hydrogen-bond donors (Lipinski definition) is 1. The highest BCUT2D eigenvalue weighted by molar-refractivity contribution is 6.05. The number of methoxy groups -OCH3 is 3. The maximum absolute atomic E-state index is 13.4. The van der Waals surface area contributed by atoms with Crippen LogP contribution in [0.25, 0.3) is 5.57 Å². The summed E-state index contributed by atoms with van der Waals surface area (Å²) in [5, 5.41) is 9.28. The maximum atomic E-state index is 13.4. The molecule has 0 aliphatic rings. The predicted octanol–water partition coefficient (Wildman–Crippen LogP) is 5.19. The van der Waals surface area contributed by atoms with Crippen molar-refractivity contribution in [2.24, 2.45) is 0 Å². The van der Waals surface area contributed by atoms with Crippen molar-refractivity contribution < 1.29 is 55.2 Å². The Morgan fingerprint density at radius 1 is 0.794 bits per heavy atom. The zero-order valence-corrected chi connectivity index (χ0v) is 17.9. The highest BCUT2D eigenvalue weighted by Gasteiger charge is 2.38. The molecule has 0 spiro atoms. The summed E-state index contributed by atoms with van der Waals surface area (Å²) >= 11 is 0. The van der Waals surface area contributed by atoms with Crippen LogP contribution < -0.4 is 9.47 Å². The largest absolute Gasteiger partial charge is 0.493 e. The van der Waals surface area contributed by atoms with Gasteiger partial charge in [-0.1, -0.05) is 6.07 Å². The van der Waals surface area contributed by atoms with Crippen molar-refractivity contribution >= 4 is 17.5 Å². The molecule has 2 aromatic rings. The van der Waals surface area contributed by atoms with Crippen molar-refractivity contribution in [3.8, 4) is 11.5 Å². The first-order valence-corrected chi connectivity index (χ1v) is 9.28. The minimum Gasteiger partial charge on any atom is -0.493 e. The van der Waals surface area contributed by atoms with E-state index in [4.69, 9.17) is 9.47 Å². The quantitative estimate of drug-likeness (QED) is 0.326. The van der Waals surface area contributed by atoms with Crippen LogP contribution >= 0.6 is 0 Å². The molecule has 0 fully saturated rings. The van der Waals surface area contributed by atoms with Gasteiger partial charge in [0.25, 0.3) is 0 Å². The fourth-order valence-electron chi connectivity index (χ4n) is 3.14. The molecule has 2 aromatic carbocycles. The van der Waals surface area contributed by atoms with Crippen LogP contribution in [0.2, 0.25) is 0 Å². The summed E-state index contributed by atoms with van der Waals surface area (Å²) in [6.07, 6.45) is -11.4. The molecule has 0 aliphatic heterocycles. The Morgan fingerprint density at radius 3 is 1.74 bits per heavy atom. The molecule has 0 aromatic heterocycles. The number of carbonyl (C=O) groups excluding carboxylic acids is 1. The molecule has 0 radical (unpaired) electrons. The number of ether oxygens (including phenoxy) is 3. The number of carboxylic acids is 1. The standard InChI is InChI=1S/C22H18F6O6/c1-32-16-5-4-11(8-17(16)33-2)19(15(10-18(29)30)20(31)34-3)12-6-13(21(23,24)25)9-14(7-12)22(26,27)28/h4-9H,10H2,1-3H3,(H,29,30). The van der Waals surface area contributed by atoms with E-state index in [9.17, 15) is 41.0 Å². The summed E-state index contributed by atoms with van der Waals surface area (Å²) in [5.41, 5.74) is -5.27. The van der Waals surface area contributed by atoms with E-state index in [1.165, 1.54) is 32.4 Å². The molecule has 0 heterocycles. The Kier molecular flexibility index (Phi) is 7.86. The number of esters is 1. The van der Waals surface area contributed by atoms with E-state index in [1.54, 1.807) is 0 Å². The average Bonchev–Trinajstić information content (AvgIpc) is 2.76. The van der Waals surface area contributed by atoms with E-state index in [1.807, 2.05) is 0 Å². The van der Waals surface area contributed by atoms with E-state index >= 15 is 0 Å². The van der Waals surface area contributed by atoms with Gasteiger partial charge < -0.3 is 19.3 Å². The second kappa shape index (κ2) is 10.1. The highest BCUT2D eigenvalue weighted by Crippen LogP contribution is 2.41. The number of carboxylic acid groups (broad SMARTS) is 1. The number of benzene rings is 2. The van der Waals surface area contributed by atoms with Crippen LogP contribution in [0.5, 0.6) is 11.5 Å². The van der Waals surface area contributed by atoms with Gasteiger partial charge in [0.1, 0.15) is 0 Å². The van der Waals surface area contributed by atoms with Gasteiger partial charge in [0.2, 0.25) is 0 Å². The number of carbonyl (C=O) groups is 2. The topological polar surface area (TPSA) is 82.1 Å². The number of aliphatic carboxylic acids is 1. The molecule has 0 saturated heterocycles. The molecule has 12 heteroatoms. The maximum Gasteiger partial charge on any atom is 0.416 e.